The molecule has 0 radical (unpaired) electrons. The largest absolute Gasteiger partial charge is 0.509 e. The monoisotopic (exact) mass is 682 g/mol. The van der Waals surface area contributed by atoms with E-state index in [-0.39, 0.29) is 16.2 Å². The molecule has 0 aliphatic rings. The van der Waals surface area contributed by atoms with Gasteiger partial charge in [0.15, 0.2) is 0 Å². The molecule has 0 aromatic rings. The molecule has 0 aliphatic heterocycles. The summed E-state index contributed by atoms with van der Waals surface area (Å²) >= 11 is 0. The number of amides is 1. The van der Waals surface area contributed by atoms with Gasteiger partial charge in [-0.15, -0.1) is 0 Å². The van der Waals surface area contributed by atoms with Crippen molar-refractivity contribution in [2.75, 3.05) is 0 Å². The van der Waals surface area contributed by atoms with E-state index < -0.39 is 19.4 Å². The first-order valence-electron chi connectivity index (χ1n) is 21.1. The van der Waals surface area contributed by atoms with Gasteiger partial charge in [-0.1, -0.05) is 234 Å². The van der Waals surface area contributed by atoms with Crippen molar-refractivity contribution in [3.8, 4) is 0 Å². The van der Waals surface area contributed by atoms with Crippen LogP contribution in [0.25, 0.3) is 0 Å². The van der Waals surface area contributed by atoms with Crippen LogP contribution in [-0.4, -0.2) is 25.5 Å². The first-order valence-corrected chi connectivity index (χ1v) is 23.8. The lowest BCUT2D eigenvalue weighted by atomic mass is 10.0. The molecule has 0 saturated carbocycles. The van der Waals surface area contributed by atoms with Crippen LogP contribution in [0.1, 0.15) is 247 Å². The van der Waals surface area contributed by atoms with Gasteiger partial charge < -0.3 is 9.41 Å². The van der Waals surface area contributed by atoms with Gasteiger partial charge in [0.05, 0.1) is 0 Å². The molecule has 0 aliphatic carbocycles. The summed E-state index contributed by atoms with van der Waals surface area (Å²) in [5.41, 5.74) is 0. The van der Waals surface area contributed by atoms with Crippen molar-refractivity contribution >= 4 is 25.5 Å². The van der Waals surface area contributed by atoms with Gasteiger partial charge in [0.1, 0.15) is 9.68 Å². The number of hydrogen-bond donors (Lipinski definition) is 1. The van der Waals surface area contributed by atoms with Gasteiger partial charge in [0.2, 0.25) is 9.76 Å². The standard InChI is InChI=1S/C41H87NO2Si2/c1-7-9-11-13-15-17-19-21-23-25-27-29-31-33-35-37-40(3,4)45-42-39(43)44-46-41(5,6)38-36-34-32-30-28-26-24-22-20-18-16-14-12-10-8-2/h7-38,45-46H2,1-6H3,(H,42,43). The summed E-state index contributed by atoms with van der Waals surface area (Å²) in [4.78, 5) is 15.7. The third-order valence-corrected chi connectivity index (χ3v) is 13.5. The highest BCUT2D eigenvalue weighted by atomic mass is 28.2. The normalized spacial score (nSPS) is 12.7. The van der Waals surface area contributed by atoms with Crippen molar-refractivity contribution in [1.29, 1.82) is 0 Å². The quantitative estimate of drug-likeness (QED) is 0.0528. The SMILES string of the molecule is CCCCCCCCCCCCCCCCCC(C)(C)[SiH2]NC(=O)O[SiH2]C(C)(C)CCCCCCCCCCCCCCCCC. The number of nitrogens with one attached hydrogen (secondary N) is 1. The predicted octanol–water partition coefficient (Wildman–Crippen LogP) is 13.8. The molecule has 1 amide bonds. The summed E-state index contributed by atoms with van der Waals surface area (Å²) in [6.45, 7) is 13.9. The highest BCUT2D eigenvalue weighted by Crippen LogP contribution is 2.31. The molecule has 1 N–H and O–H groups in total. The summed E-state index contributed by atoms with van der Waals surface area (Å²) in [6.07, 6.45) is 44.6. The Balaban J connectivity index is 3.61. The number of carbonyl (C=O) groups is 1. The average molecular weight is 682 g/mol. The molecule has 0 heterocycles. The van der Waals surface area contributed by atoms with E-state index in [1.807, 2.05) is 0 Å². The van der Waals surface area contributed by atoms with Gasteiger partial charge in [-0.05, 0) is 22.9 Å². The summed E-state index contributed by atoms with van der Waals surface area (Å²) in [7, 11) is -1.55. The zero-order valence-corrected chi connectivity index (χ0v) is 35.7. The van der Waals surface area contributed by atoms with E-state index in [0.717, 1.165) is 0 Å². The molecular formula is C41H87NO2Si2. The Labute approximate surface area is 296 Å². The summed E-state index contributed by atoms with van der Waals surface area (Å²) < 4.78 is 5.83. The highest BCUT2D eigenvalue weighted by molar-refractivity contribution is 6.42. The topological polar surface area (TPSA) is 38.3 Å². The Morgan fingerprint density at radius 3 is 1.00 bits per heavy atom. The Morgan fingerprint density at radius 2 is 0.696 bits per heavy atom. The summed E-state index contributed by atoms with van der Waals surface area (Å²) in [5.74, 6) is 0. The predicted molar refractivity (Wildman–Crippen MR) is 214 cm³/mol. The van der Waals surface area contributed by atoms with Crippen LogP contribution in [0, 0.1) is 0 Å². The van der Waals surface area contributed by atoms with Crippen LogP contribution in [0.15, 0.2) is 0 Å². The third-order valence-electron chi connectivity index (χ3n) is 10.2. The maximum Gasteiger partial charge on any atom is 0.384 e. The van der Waals surface area contributed by atoms with Gasteiger partial charge >= 0.3 is 6.09 Å². The molecule has 0 aromatic carbocycles. The molecule has 46 heavy (non-hydrogen) atoms. The van der Waals surface area contributed by atoms with E-state index in [2.05, 4.69) is 46.5 Å². The first kappa shape index (κ1) is 45.7. The molecule has 0 atom stereocenters. The summed E-state index contributed by atoms with van der Waals surface area (Å²) in [5, 5.41) is 0.485. The van der Waals surface area contributed by atoms with Gasteiger partial charge in [0.25, 0.3) is 0 Å². The van der Waals surface area contributed by atoms with Crippen LogP contribution in [0.4, 0.5) is 4.79 Å². The van der Waals surface area contributed by atoms with E-state index in [0.29, 0.717) is 0 Å². The van der Waals surface area contributed by atoms with Crippen molar-refractivity contribution in [2.45, 2.75) is 257 Å². The van der Waals surface area contributed by atoms with Crippen molar-refractivity contribution in [1.82, 2.24) is 4.98 Å². The lowest BCUT2D eigenvalue weighted by Gasteiger charge is -2.26. The van der Waals surface area contributed by atoms with Crippen LogP contribution in [0.5, 0.6) is 0 Å². The zero-order chi connectivity index (χ0) is 34.0. The maximum atomic E-state index is 12.5. The van der Waals surface area contributed by atoms with Crippen LogP contribution < -0.4 is 4.98 Å². The van der Waals surface area contributed by atoms with E-state index in [1.165, 1.54) is 205 Å². The minimum Gasteiger partial charge on any atom is -0.509 e. The summed E-state index contributed by atoms with van der Waals surface area (Å²) in [6, 6.07) is 0. The fraction of sp³-hybridized carbons (Fsp3) is 0.976. The molecule has 0 spiro atoms. The zero-order valence-electron chi connectivity index (χ0n) is 32.9. The van der Waals surface area contributed by atoms with Crippen LogP contribution in [-0.2, 0) is 4.43 Å². The van der Waals surface area contributed by atoms with Gasteiger partial charge in [-0.25, -0.2) is 4.79 Å². The van der Waals surface area contributed by atoms with Crippen molar-refractivity contribution in [2.24, 2.45) is 0 Å². The van der Waals surface area contributed by atoms with E-state index in [4.69, 9.17) is 4.43 Å². The lowest BCUT2D eigenvalue weighted by Crippen LogP contribution is -2.36. The van der Waals surface area contributed by atoms with Gasteiger partial charge in [-0.2, -0.15) is 0 Å². The number of hydrogen-bond acceptors (Lipinski definition) is 2. The van der Waals surface area contributed by atoms with Crippen LogP contribution >= 0.6 is 0 Å². The Morgan fingerprint density at radius 1 is 0.435 bits per heavy atom. The minimum atomic E-state index is -0.868. The Bertz CT molecular complexity index is 588. The molecule has 5 heteroatoms. The molecule has 0 saturated heterocycles. The minimum absolute atomic E-state index is 0.118. The lowest BCUT2D eigenvalue weighted by molar-refractivity contribution is 0.206. The number of rotatable bonds is 36. The molecule has 3 nitrogen and oxygen atoms in total. The van der Waals surface area contributed by atoms with Crippen molar-refractivity contribution < 1.29 is 9.22 Å². The Hall–Kier alpha value is -0.296. The number of unbranched alkanes of at least 4 members (excludes halogenated alkanes) is 28. The third kappa shape index (κ3) is 35.0. The van der Waals surface area contributed by atoms with E-state index in [1.54, 1.807) is 0 Å². The van der Waals surface area contributed by atoms with Crippen molar-refractivity contribution in [3.05, 3.63) is 0 Å². The molecule has 0 fully saturated rings. The second-order valence-electron chi connectivity index (χ2n) is 16.7. The second kappa shape index (κ2) is 33.2. The van der Waals surface area contributed by atoms with E-state index >= 15 is 0 Å². The first-order chi connectivity index (χ1) is 22.2. The fourth-order valence-corrected chi connectivity index (χ4v) is 9.11. The van der Waals surface area contributed by atoms with Crippen LogP contribution in [0.3, 0.4) is 0 Å². The van der Waals surface area contributed by atoms with Gasteiger partial charge in [-0.3, -0.25) is 0 Å². The molecule has 0 bridgehead atoms. The Kier molecular flexibility index (Phi) is 33.0. The second-order valence-corrected chi connectivity index (χ2v) is 21.8. The molecule has 0 aromatic heterocycles. The molecule has 276 valence electrons. The molecular weight excluding hydrogens is 595 g/mol. The number of carbonyl (C=O) groups excluding carboxylic acids is 1. The maximum absolute atomic E-state index is 12.5. The smallest absolute Gasteiger partial charge is 0.384 e. The molecule has 0 unspecified atom stereocenters. The fourth-order valence-electron chi connectivity index (χ4n) is 6.73. The highest BCUT2D eigenvalue weighted by Gasteiger charge is 2.23. The van der Waals surface area contributed by atoms with Crippen molar-refractivity contribution in [3.63, 3.8) is 0 Å². The van der Waals surface area contributed by atoms with E-state index in [9.17, 15) is 4.79 Å². The molecule has 0 rings (SSSR count). The average Bonchev–Trinajstić information content (AvgIpc) is 3.03. The van der Waals surface area contributed by atoms with Crippen LogP contribution in [0.2, 0.25) is 10.1 Å². The van der Waals surface area contributed by atoms with Gasteiger partial charge in [0, 0.05) is 0 Å².